The number of likely N-dealkylation sites (tertiary alicyclic amines) is 1. The predicted molar refractivity (Wildman–Crippen MR) is 99.4 cm³/mol. The van der Waals surface area contributed by atoms with Crippen molar-refractivity contribution < 1.29 is 4.79 Å². The first-order chi connectivity index (χ1) is 12.5. The summed E-state index contributed by atoms with van der Waals surface area (Å²) < 4.78 is 3.11. The van der Waals surface area contributed by atoms with Crippen LogP contribution in [0.3, 0.4) is 0 Å². The Kier molecular flexibility index (Phi) is 5.61. The Morgan fingerprint density at radius 1 is 1.35 bits per heavy atom. The van der Waals surface area contributed by atoms with Crippen molar-refractivity contribution in [2.24, 2.45) is 13.0 Å². The molecule has 0 aromatic carbocycles. The predicted octanol–water partition coefficient (Wildman–Crippen LogP) is 2.14. The molecule has 1 fully saturated rings. The topological polar surface area (TPSA) is 85.1 Å². The number of aromatic nitrogens is 4. The van der Waals surface area contributed by atoms with Crippen molar-refractivity contribution in [2.45, 2.75) is 32.7 Å². The van der Waals surface area contributed by atoms with Crippen LogP contribution in [0.2, 0.25) is 5.15 Å². The van der Waals surface area contributed by atoms with Gasteiger partial charge in [0.2, 0.25) is 0 Å². The number of hydrogen-bond donors (Lipinski definition) is 1. The van der Waals surface area contributed by atoms with Crippen LogP contribution < -0.4 is 11.0 Å². The van der Waals surface area contributed by atoms with Crippen LogP contribution in [0, 0.1) is 5.92 Å². The second-order valence-electron chi connectivity index (χ2n) is 6.50. The van der Waals surface area contributed by atoms with E-state index in [4.69, 9.17) is 11.6 Å². The molecule has 1 N–H and O–H groups in total. The number of carbonyl (C=O) groups excluding carboxylic acids is 1. The fourth-order valence-electron chi connectivity index (χ4n) is 3.27. The molecule has 2 aromatic rings. The van der Waals surface area contributed by atoms with E-state index in [1.807, 2.05) is 6.92 Å². The number of piperidine rings is 1. The van der Waals surface area contributed by atoms with E-state index in [2.05, 4.69) is 15.4 Å². The highest BCUT2D eigenvalue weighted by Gasteiger charge is 2.25. The molecule has 0 bridgehead atoms. The van der Waals surface area contributed by atoms with Gasteiger partial charge in [0.1, 0.15) is 11.0 Å². The molecule has 0 radical (unpaired) electrons. The van der Waals surface area contributed by atoms with Crippen molar-refractivity contribution in [3.8, 4) is 0 Å². The molecule has 2 amide bonds. The first-order valence-corrected chi connectivity index (χ1v) is 9.16. The van der Waals surface area contributed by atoms with Crippen LogP contribution in [0.4, 0.5) is 10.5 Å². The molecule has 3 heterocycles. The van der Waals surface area contributed by atoms with Crippen molar-refractivity contribution >= 4 is 23.3 Å². The van der Waals surface area contributed by atoms with Crippen molar-refractivity contribution in [3.05, 3.63) is 39.8 Å². The summed E-state index contributed by atoms with van der Waals surface area (Å²) in [5, 5.41) is 7.58. The Bertz CT molecular complexity index is 821. The van der Waals surface area contributed by atoms with Gasteiger partial charge in [0.05, 0.1) is 11.9 Å². The maximum absolute atomic E-state index is 12.4. The molecule has 1 saturated heterocycles. The van der Waals surface area contributed by atoms with E-state index >= 15 is 0 Å². The van der Waals surface area contributed by atoms with Gasteiger partial charge in [-0.3, -0.25) is 4.57 Å². The quantitative estimate of drug-likeness (QED) is 0.826. The Labute approximate surface area is 156 Å². The molecule has 0 atom stereocenters. The molecule has 8 nitrogen and oxygen atoms in total. The minimum Gasteiger partial charge on any atom is -0.325 e. The highest BCUT2D eigenvalue weighted by atomic mass is 35.5. The third-order valence-electron chi connectivity index (χ3n) is 4.75. The van der Waals surface area contributed by atoms with Crippen molar-refractivity contribution in [3.63, 3.8) is 0 Å². The van der Waals surface area contributed by atoms with Gasteiger partial charge >= 0.3 is 11.7 Å². The molecule has 9 heteroatoms. The zero-order valence-corrected chi connectivity index (χ0v) is 15.7. The number of urea groups is 1. The second-order valence-corrected chi connectivity index (χ2v) is 6.89. The lowest BCUT2D eigenvalue weighted by atomic mass is 9.93. The number of amides is 2. The number of hydrogen-bond acceptors (Lipinski definition) is 4. The number of anilines is 1. The lowest BCUT2D eigenvalue weighted by molar-refractivity contribution is 0.181. The fraction of sp³-hybridized carbons (Fsp3) is 0.529. The SMILES string of the molecule is CCn1c(CC2CCN(C(=O)Nc3ccc(Cl)nc3)CC2)nn(C)c1=O. The van der Waals surface area contributed by atoms with E-state index in [9.17, 15) is 9.59 Å². The smallest absolute Gasteiger partial charge is 0.325 e. The molecule has 0 unspecified atom stereocenters. The lowest BCUT2D eigenvalue weighted by Crippen LogP contribution is -2.41. The summed E-state index contributed by atoms with van der Waals surface area (Å²) in [4.78, 5) is 30.1. The molecule has 3 rings (SSSR count). The maximum atomic E-state index is 12.4. The average molecular weight is 379 g/mol. The largest absolute Gasteiger partial charge is 0.345 e. The van der Waals surface area contributed by atoms with E-state index in [0.29, 0.717) is 36.4 Å². The highest BCUT2D eigenvalue weighted by molar-refractivity contribution is 6.29. The van der Waals surface area contributed by atoms with Gasteiger partial charge < -0.3 is 10.2 Å². The van der Waals surface area contributed by atoms with Crippen molar-refractivity contribution in [2.75, 3.05) is 18.4 Å². The number of halogens is 1. The molecule has 0 spiro atoms. The molecular formula is C17H23ClN6O2. The molecular weight excluding hydrogens is 356 g/mol. The summed E-state index contributed by atoms with van der Waals surface area (Å²) in [5.41, 5.74) is 0.554. The normalized spacial score (nSPS) is 15.3. The Balaban J connectivity index is 1.54. The Hall–Kier alpha value is -2.35. The monoisotopic (exact) mass is 378 g/mol. The highest BCUT2D eigenvalue weighted by Crippen LogP contribution is 2.21. The maximum Gasteiger partial charge on any atom is 0.345 e. The minimum absolute atomic E-state index is 0.0733. The van der Waals surface area contributed by atoms with Gasteiger partial charge in [-0.15, -0.1) is 0 Å². The molecule has 0 aliphatic carbocycles. The van der Waals surface area contributed by atoms with Crippen LogP contribution in [-0.4, -0.2) is 43.4 Å². The molecule has 2 aromatic heterocycles. The van der Waals surface area contributed by atoms with E-state index in [0.717, 1.165) is 25.1 Å². The molecule has 1 aliphatic rings. The van der Waals surface area contributed by atoms with E-state index in [1.165, 1.54) is 10.9 Å². The van der Waals surface area contributed by atoms with Gasteiger partial charge in [-0.25, -0.2) is 19.3 Å². The summed E-state index contributed by atoms with van der Waals surface area (Å²) >= 11 is 5.75. The van der Waals surface area contributed by atoms with Gasteiger partial charge in [-0.2, -0.15) is 5.10 Å². The van der Waals surface area contributed by atoms with Crippen LogP contribution in [0.1, 0.15) is 25.6 Å². The van der Waals surface area contributed by atoms with Crippen LogP contribution in [0.15, 0.2) is 23.1 Å². The van der Waals surface area contributed by atoms with E-state index < -0.39 is 0 Å². The van der Waals surface area contributed by atoms with Crippen LogP contribution in [0.5, 0.6) is 0 Å². The van der Waals surface area contributed by atoms with Gasteiger partial charge in [0.25, 0.3) is 0 Å². The summed E-state index contributed by atoms with van der Waals surface area (Å²) in [6.45, 7) is 3.94. The zero-order chi connectivity index (χ0) is 18.7. The van der Waals surface area contributed by atoms with Crippen LogP contribution in [-0.2, 0) is 20.0 Å². The second kappa shape index (κ2) is 7.90. The molecule has 1 aliphatic heterocycles. The molecule has 140 valence electrons. The average Bonchev–Trinajstić information content (AvgIpc) is 2.90. The van der Waals surface area contributed by atoms with Crippen molar-refractivity contribution in [1.29, 1.82) is 0 Å². The summed E-state index contributed by atoms with van der Waals surface area (Å²) in [6.07, 6.45) is 4.08. The third-order valence-corrected chi connectivity index (χ3v) is 4.98. The van der Waals surface area contributed by atoms with Crippen LogP contribution in [0.25, 0.3) is 0 Å². The number of rotatable bonds is 4. The molecule has 26 heavy (non-hydrogen) atoms. The van der Waals surface area contributed by atoms with Gasteiger partial charge in [-0.1, -0.05) is 11.6 Å². The van der Waals surface area contributed by atoms with Crippen LogP contribution >= 0.6 is 11.6 Å². The summed E-state index contributed by atoms with van der Waals surface area (Å²) in [5.74, 6) is 1.25. The number of carbonyl (C=O) groups is 1. The molecule has 0 saturated carbocycles. The van der Waals surface area contributed by atoms with Gasteiger partial charge in [0.15, 0.2) is 0 Å². The Morgan fingerprint density at radius 2 is 2.08 bits per heavy atom. The first kappa shape index (κ1) is 18.4. The van der Waals surface area contributed by atoms with E-state index in [-0.39, 0.29) is 11.7 Å². The standard InChI is InChI=1S/C17H23ClN6O2/c1-3-24-15(21-22(2)17(24)26)10-12-6-8-23(9-7-12)16(25)20-13-4-5-14(18)19-11-13/h4-5,11-12H,3,6-10H2,1-2H3,(H,20,25). The van der Waals surface area contributed by atoms with Gasteiger partial charge in [0, 0.05) is 33.1 Å². The Morgan fingerprint density at radius 3 is 2.69 bits per heavy atom. The number of aryl methyl sites for hydroxylation is 1. The summed E-state index contributed by atoms with van der Waals surface area (Å²) in [6, 6.07) is 3.24. The number of pyridine rings is 1. The minimum atomic E-state index is -0.129. The zero-order valence-electron chi connectivity index (χ0n) is 15.0. The van der Waals surface area contributed by atoms with Crippen molar-refractivity contribution in [1.82, 2.24) is 24.2 Å². The number of nitrogens with zero attached hydrogens (tertiary/aromatic N) is 5. The van der Waals surface area contributed by atoms with E-state index in [1.54, 1.807) is 28.6 Å². The van der Waals surface area contributed by atoms with Gasteiger partial charge in [-0.05, 0) is 37.8 Å². The summed E-state index contributed by atoms with van der Waals surface area (Å²) in [7, 11) is 1.68. The third kappa shape index (κ3) is 4.07. The lowest BCUT2D eigenvalue weighted by Gasteiger charge is -2.31. The fourth-order valence-corrected chi connectivity index (χ4v) is 3.39. The number of nitrogens with one attached hydrogen (secondary N) is 1. The first-order valence-electron chi connectivity index (χ1n) is 8.78.